The number of fused-ring (bicyclic) bond motifs is 6. The Morgan fingerprint density at radius 3 is 1.29 bits per heavy atom. The van der Waals surface area contributed by atoms with Crippen LogP contribution in [-0.2, 0) is 0 Å². The molecule has 42 heavy (non-hydrogen) atoms. The summed E-state index contributed by atoms with van der Waals surface area (Å²) in [6.45, 7) is 4.11. The third-order valence-electron chi connectivity index (χ3n) is 8.27. The molecule has 4 aromatic carbocycles. The van der Waals surface area contributed by atoms with E-state index in [1.54, 1.807) is 0 Å². The van der Waals surface area contributed by atoms with Gasteiger partial charge in [-0.2, -0.15) is 0 Å². The number of para-hydroxylation sites is 2. The highest BCUT2D eigenvalue weighted by Crippen LogP contribution is 2.44. The van der Waals surface area contributed by atoms with Gasteiger partial charge < -0.3 is 0 Å². The molecule has 2 atom stereocenters. The fourth-order valence-electron chi connectivity index (χ4n) is 6.37. The van der Waals surface area contributed by atoms with Gasteiger partial charge in [-0.25, -0.2) is 9.97 Å². The maximum absolute atomic E-state index is 5.61. The van der Waals surface area contributed by atoms with E-state index in [-0.39, 0.29) is 12.1 Å². The van der Waals surface area contributed by atoms with E-state index in [1.165, 1.54) is 0 Å². The van der Waals surface area contributed by atoms with Crippen LogP contribution in [0.3, 0.4) is 0 Å². The first-order valence-corrected chi connectivity index (χ1v) is 14.2. The molecule has 6 aromatic rings. The van der Waals surface area contributed by atoms with Gasteiger partial charge in [0.2, 0.25) is 0 Å². The summed E-state index contributed by atoms with van der Waals surface area (Å²) < 4.78 is 4.51. The first kappa shape index (κ1) is 24.4. The summed E-state index contributed by atoms with van der Waals surface area (Å²) >= 11 is 0. The van der Waals surface area contributed by atoms with Crippen LogP contribution in [0.1, 0.15) is 57.4 Å². The molecule has 0 radical (unpaired) electrons. The van der Waals surface area contributed by atoms with Crippen molar-refractivity contribution in [2.24, 2.45) is 9.98 Å². The minimum atomic E-state index is -0.364. The Labute approximate surface area is 244 Å². The van der Waals surface area contributed by atoms with E-state index in [1.807, 2.05) is 24.5 Å². The van der Waals surface area contributed by atoms with Gasteiger partial charge in [0.15, 0.2) is 0 Å². The number of aryl methyl sites for hydroxylation is 2. The van der Waals surface area contributed by atoms with E-state index in [0.717, 1.165) is 68.1 Å². The standard InChI is InChI=1S/C36H28N6/c1-23-37-21-31-35(39-33(25-13-5-3-6-14-25)27-17-9-11-19-29(27)41(23)31)36-32-22-38-24(2)42(32)30-20-12-10-18-28(30)34(40-36)26-15-7-4-8-16-26/h3-22,35-36H,1-2H3. The van der Waals surface area contributed by atoms with Crippen LogP contribution >= 0.6 is 0 Å². The molecular weight excluding hydrogens is 516 g/mol. The van der Waals surface area contributed by atoms with Crippen LogP contribution in [0, 0.1) is 13.8 Å². The molecule has 0 fully saturated rings. The summed E-state index contributed by atoms with van der Waals surface area (Å²) in [5, 5.41) is 0. The zero-order valence-corrected chi connectivity index (χ0v) is 23.4. The van der Waals surface area contributed by atoms with Crippen molar-refractivity contribution in [3.63, 3.8) is 0 Å². The van der Waals surface area contributed by atoms with Crippen molar-refractivity contribution in [2.75, 3.05) is 0 Å². The van der Waals surface area contributed by atoms with Gasteiger partial charge >= 0.3 is 0 Å². The molecule has 0 spiro atoms. The van der Waals surface area contributed by atoms with Gasteiger partial charge in [-0.3, -0.25) is 19.1 Å². The van der Waals surface area contributed by atoms with Gasteiger partial charge in [-0.1, -0.05) is 97.1 Å². The molecule has 6 nitrogen and oxygen atoms in total. The first-order valence-electron chi connectivity index (χ1n) is 14.2. The van der Waals surface area contributed by atoms with Crippen molar-refractivity contribution in [3.8, 4) is 11.4 Å². The Hall–Kier alpha value is -5.36. The summed E-state index contributed by atoms with van der Waals surface area (Å²) in [6, 6.07) is 37.1. The second kappa shape index (κ2) is 9.63. The number of hydrogen-bond acceptors (Lipinski definition) is 4. The molecule has 0 bridgehead atoms. The topological polar surface area (TPSA) is 60.4 Å². The fourth-order valence-corrected chi connectivity index (χ4v) is 6.37. The lowest BCUT2D eigenvalue weighted by Gasteiger charge is -2.22. The van der Waals surface area contributed by atoms with Crippen molar-refractivity contribution < 1.29 is 0 Å². The number of imidazole rings is 2. The van der Waals surface area contributed by atoms with Gasteiger partial charge in [-0.05, 0) is 26.0 Å². The van der Waals surface area contributed by atoms with Crippen LogP contribution < -0.4 is 0 Å². The van der Waals surface area contributed by atoms with Gasteiger partial charge in [-0.15, -0.1) is 0 Å². The number of rotatable bonds is 3. The lowest BCUT2D eigenvalue weighted by atomic mass is 9.99. The lowest BCUT2D eigenvalue weighted by Crippen LogP contribution is -2.15. The van der Waals surface area contributed by atoms with Gasteiger partial charge in [0, 0.05) is 22.3 Å². The molecule has 0 aliphatic carbocycles. The van der Waals surface area contributed by atoms with E-state index in [0.29, 0.717) is 0 Å². The molecule has 0 amide bonds. The molecule has 8 rings (SSSR count). The average Bonchev–Trinajstić information content (AvgIpc) is 3.52. The zero-order chi connectivity index (χ0) is 28.2. The molecule has 6 heteroatoms. The summed E-state index contributed by atoms with van der Waals surface area (Å²) in [7, 11) is 0. The SMILES string of the molecule is Cc1ncc2n1-c1ccccc1C(c1ccccc1)=NC2C1N=C(c2ccccc2)c2ccccc2-n2c1cnc2C. The summed E-state index contributed by atoms with van der Waals surface area (Å²) in [4.78, 5) is 20.8. The van der Waals surface area contributed by atoms with Crippen molar-refractivity contribution in [2.45, 2.75) is 25.9 Å². The molecule has 0 saturated heterocycles. The predicted molar refractivity (Wildman–Crippen MR) is 166 cm³/mol. The highest BCUT2D eigenvalue weighted by molar-refractivity contribution is 6.16. The van der Waals surface area contributed by atoms with E-state index < -0.39 is 0 Å². The van der Waals surface area contributed by atoms with E-state index >= 15 is 0 Å². The average molecular weight is 545 g/mol. The van der Waals surface area contributed by atoms with Crippen LogP contribution in [0.15, 0.2) is 132 Å². The Bertz CT molecular complexity index is 1870. The minimum Gasteiger partial charge on any atom is -0.298 e. The number of aliphatic imine (C=N–C) groups is 2. The van der Waals surface area contributed by atoms with Crippen LogP contribution in [0.5, 0.6) is 0 Å². The number of hydrogen-bond donors (Lipinski definition) is 0. The Morgan fingerprint density at radius 1 is 0.476 bits per heavy atom. The van der Waals surface area contributed by atoms with Gasteiger partial charge in [0.25, 0.3) is 0 Å². The van der Waals surface area contributed by atoms with Crippen LogP contribution in [0.2, 0.25) is 0 Å². The van der Waals surface area contributed by atoms with Gasteiger partial charge in [0.1, 0.15) is 23.7 Å². The lowest BCUT2D eigenvalue weighted by molar-refractivity contribution is 0.542. The zero-order valence-electron chi connectivity index (χ0n) is 23.4. The second-order valence-electron chi connectivity index (χ2n) is 10.7. The molecule has 202 valence electrons. The Morgan fingerprint density at radius 2 is 0.857 bits per heavy atom. The van der Waals surface area contributed by atoms with E-state index in [4.69, 9.17) is 20.0 Å². The minimum absolute atomic E-state index is 0.364. The van der Waals surface area contributed by atoms with E-state index in [2.05, 4.69) is 120 Å². The normalized spacial score (nSPS) is 17.1. The molecular formula is C36H28N6. The van der Waals surface area contributed by atoms with Crippen molar-refractivity contribution in [3.05, 3.63) is 167 Å². The highest BCUT2D eigenvalue weighted by atomic mass is 15.2. The smallest absolute Gasteiger partial charge is 0.121 e. The van der Waals surface area contributed by atoms with E-state index in [9.17, 15) is 0 Å². The third kappa shape index (κ3) is 3.72. The first-order chi connectivity index (χ1) is 20.7. The number of aromatic nitrogens is 4. The summed E-state index contributed by atoms with van der Waals surface area (Å²) in [5.74, 6) is 1.83. The monoisotopic (exact) mass is 544 g/mol. The van der Waals surface area contributed by atoms with Gasteiger partial charge in [0.05, 0.1) is 46.6 Å². The maximum Gasteiger partial charge on any atom is 0.121 e. The number of nitrogens with zero attached hydrogens (tertiary/aromatic N) is 6. The van der Waals surface area contributed by atoms with Crippen LogP contribution in [0.25, 0.3) is 11.4 Å². The molecule has 2 aromatic heterocycles. The quantitative estimate of drug-likeness (QED) is 0.237. The maximum atomic E-state index is 5.61. The summed E-state index contributed by atoms with van der Waals surface area (Å²) in [5.41, 5.74) is 10.3. The van der Waals surface area contributed by atoms with Crippen LogP contribution in [-0.4, -0.2) is 30.5 Å². The number of benzene rings is 4. The molecule has 4 heterocycles. The van der Waals surface area contributed by atoms with Crippen molar-refractivity contribution in [1.82, 2.24) is 19.1 Å². The van der Waals surface area contributed by atoms with Crippen molar-refractivity contribution in [1.29, 1.82) is 0 Å². The summed E-state index contributed by atoms with van der Waals surface area (Å²) in [6.07, 6.45) is 3.94. The predicted octanol–water partition coefficient (Wildman–Crippen LogP) is 7.16. The fraction of sp³-hybridized carbons (Fsp3) is 0.111. The Balaban J connectivity index is 1.46. The Kier molecular flexibility index (Phi) is 5.60. The van der Waals surface area contributed by atoms with Crippen LogP contribution in [0.4, 0.5) is 0 Å². The third-order valence-corrected chi connectivity index (χ3v) is 8.27. The largest absolute Gasteiger partial charge is 0.298 e. The highest BCUT2D eigenvalue weighted by Gasteiger charge is 2.37. The second-order valence-corrected chi connectivity index (χ2v) is 10.7. The molecule has 0 saturated carbocycles. The molecule has 2 aliphatic heterocycles. The molecule has 0 N–H and O–H groups in total. The molecule has 2 unspecified atom stereocenters. The van der Waals surface area contributed by atoms with Crippen molar-refractivity contribution >= 4 is 11.4 Å². The molecule has 2 aliphatic rings.